The fourth-order valence-electron chi connectivity index (χ4n) is 1.86. The molecule has 0 spiro atoms. The summed E-state index contributed by atoms with van der Waals surface area (Å²) in [6.07, 6.45) is -0.945. The van der Waals surface area contributed by atoms with Crippen molar-refractivity contribution < 1.29 is 20.4 Å². The molecule has 1 aliphatic heterocycles. The molecule has 4 N–H and O–H groups in total. The molecule has 1 fully saturated rings. The van der Waals surface area contributed by atoms with E-state index in [1.54, 1.807) is 4.90 Å². The molecule has 0 aliphatic carbocycles. The molecule has 1 aliphatic rings. The first-order valence-corrected chi connectivity index (χ1v) is 4.52. The van der Waals surface area contributed by atoms with Crippen LogP contribution in [0.1, 0.15) is 6.42 Å². The maximum Gasteiger partial charge on any atom is 0.0950 e. The summed E-state index contributed by atoms with van der Waals surface area (Å²) in [6, 6.07) is -0.433. The average molecular weight is 191 g/mol. The minimum atomic E-state index is -0.927. The van der Waals surface area contributed by atoms with Crippen LogP contribution in [0.5, 0.6) is 0 Å². The van der Waals surface area contributed by atoms with Crippen LogP contribution < -0.4 is 0 Å². The SMILES string of the molecule is OCCN1CC[C@H](O)C1[C@@H](O)CO. The molecule has 5 nitrogen and oxygen atoms in total. The van der Waals surface area contributed by atoms with Crippen molar-refractivity contribution in [2.24, 2.45) is 0 Å². The zero-order valence-electron chi connectivity index (χ0n) is 7.50. The van der Waals surface area contributed by atoms with E-state index in [1.165, 1.54) is 0 Å². The molecule has 0 aromatic rings. The minimum Gasteiger partial charge on any atom is -0.395 e. The van der Waals surface area contributed by atoms with E-state index >= 15 is 0 Å². The van der Waals surface area contributed by atoms with Gasteiger partial charge in [0.1, 0.15) is 0 Å². The summed E-state index contributed by atoms with van der Waals surface area (Å²) < 4.78 is 0. The van der Waals surface area contributed by atoms with Gasteiger partial charge in [-0.2, -0.15) is 0 Å². The number of hydrogen-bond acceptors (Lipinski definition) is 5. The summed E-state index contributed by atoms with van der Waals surface area (Å²) in [6.45, 7) is 0.729. The third-order valence-corrected chi connectivity index (χ3v) is 2.50. The smallest absolute Gasteiger partial charge is 0.0950 e. The largest absolute Gasteiger partial charge is 0.395 e. The van der Waals surface area contributed by atoms with E-state index in [9.17, 15) is 10.2 Å². The maximum atomic E-state index is 9.49. The Kier molecular flexibility index (Phi) is 4.08. The lowest BCUT2D eigenvalue weighted by molar-refractivity contribution is -0.0169. The monoisotopic (exact) mass is 191 g/mol. The van der Waals surface area contributed by atoms with Gasteiger partial charge in [0.25, 0.3) is 0 Å². The van der Waals surface area contributed by atoms with Crippen molar-refractivity contribution in [1.29, 1.82) is 0 Å². The fraction of sp³-hybridized carbons (Fsp3) is 1.00. The van der Waals surface area contributed by atoms with E-state index < -0.39 is 18.2 Å². The molecule has 0 aromatic carbocycles. The highest BCUT2D eigenvalue weighted by atomic mass is 16.3. The number of rotatable bonds is 4. The van der Waals surface area contributed by atoms with E-state index in [4.69, 9.17) is 10.2 Å². The number of β-amino-alcohol motifs (C(OH)–C–C–N with tert-alkyl or cyclic N) is 1. The molecule has 1 rings (SSSR count). The molecule has 3 atom stereocenters. The van der Waals surface area contributed by atoms with Crippen LogP contribution in [0.4, 0.5) is 0 Å². The van der Waals surface area contributed by atoms with E-state index in [0.29, 0.717) is 19.5 Å². The molecule has 5 heteroatoms. The van der Waals surface area contributed by atoms with Gasteiger partial charge in [0.2, 0.25) is 0 Å². The van der Waals surface area contributed by atoms with Crippen LogP contribution in [-0.2, 0) is 0 Å². The topological polar surface area (TPSA) is 84.2 Å². The van der Waals surface area contributed by atoms with Crippen LogP contribution in [0, 0.1) is 0 Å². The fourth-order valence-corrected chi connectivity index (χ4v) is 1.86. The minimum absolute atomic E-state index is 0.00136. The lowest BCUT2D eigenvalue weighted by atomic mass is 10.1. The Morgan fingerprint density at radius 1 is 1.38 bits per heavy atom. The molecular weight excluding hydrogens is 174 g/mol. The first-order chi connectivity index (χ1) is 6.20. The second kappa shape index (κ2) is 4.88. The molecule has 1 heterocycles. The van der Waals surface area contributed by atoms with E-state index in [1.807, 2.05) is 0 Å². The van der Waals surface area contributed by atoms with Crippen LogP contribution in [0.3, 0.4) is 0 Å². The first kappa shape index (κ1) is 10.9. The van der Waals surface area contributed by atoms with Crippen molar-refractivity contribution in [3.05, 3.63) is 0 Å². The Hall–Kier alpha value is -0.200. The lowest BCUT2D eigenvalue weighted by Crippen LogP contribution is -2.47. The van der Waals surface area contributed by atoms with Gasteiger partial charge in [-0.15, -0.1) is 0 Å². The van der Waals surface area contributed by atoms with E-state index in [2.05, 4.69) is 0 Å². The van der Waals surface area contributed by atoms with Crippen molar-refractivity contribution in [3.63, 3.8) is 0 Å². The molecule has 13 heavy (non-hydrogen) atoms. The number of aliphatic hydroxyl groups is 4. The quantitative estimate of drug-likeness (QED) is 0.404. The second-order valence-electron chi connectivity index (χ2n) is 3.36. The molecule has 0 amide bonds. The van der Waals surface area contributed by atoms with Gasteiger partial charge in [0.05, 0.1) is 31.5 Å². The normalized spacial score (nSPS) is 32.3. The third-order valence-electron chi connectivity index (χ3n) is 2.50. The second-order valence-corrected chi connectivity index (χ2v) is 3.36. The number of likely N-dealkylation sites (tertiary alicyclic amines) is 1. The van der Waals surface area contributed by atoms with Gasteiger partial charge < -0.3 is 20.4 Å². The molecule has 1 saturated heterocycles. The summed E-state index contributed by atoms with van der Waals surface area (Å²) in [7, 11) is 0. The highest BCUT2D eigenvalue weighted by molar-refractivity contribution is 4.91. The first-order valence-electron chi connectivity index (χ1n) is 4.52. The Morgan fingerprint density at radius 3 is 2.62 bits per heavy atom. The predicted octanol–water partition coefficient (Wildman–Crippen LogP) is -2.23. The molecular formula is C8H17NO4. The van der Waals surface area contributed by atoms with Crippen molar-refractivity contribution in [2.45, 2.75) is 24.7 Å². The van der Waals surface area contributed by atoms with Gasteiger partial charge in [-0.05, 0) is 6.42 Å². The number of hydrogen-bond donors (Lipinski definition) is 4. The van der Waals surface area contributed by atoms with Crippen LogP contribution in [0.25, 0.3) is 0 Å². The van der Waals surface area contributed by atoms with Crippen molar-refractivity contribution in [1.82, 2.24) is 4.90 Å². The van der Waals surface area contributed by atoms with Crippen LogP contribution in [0.15, 0.2) is 0 Å². The summed E-state index contributed by atoms with van der Waals surface area (Å²) >= 11 is 0. The van der Waals surface area contributed by atoms with Crippen molar-refractivity contribution in [3.8, 4) is 0 Å². The van der Waals surface area contributed by atoms with Crippen molar-refractivity contribution in [2.75, 3.05) is 26.3 Å². The summed E-state index contributed by atoms with van der Waals surface area (Å²) in [4.78, 5) is 1.80. The third kappa shape index (κ3) is 2.38. The average Bonchev–Trinajstić information content (AvgIpc) is 2.47. The molecule has 0 radical (unpaired) electrons. The molecule has 78 valence electrons. The van der Waals surface area contributed by atoms with Crippen molar-refractivity contribution >= 4 is 0 Å². The highest BCUT2D eigenvalue weighted by Gasteiger charge is 2.36. The summed E-state index contributed by atoms with van der Waals surface area (Å²) in [5.41, 5.74) is 0. The standard InChI is InChI=1S/C8H17NO4/c10-4-3-9-2-1-6(12)8(9)7(13)5-11/h6-8,10-13H,1-5H2/t6-,7-,8?/m0/s1. The predicted molar refractivity (Wildman–Crippen MR) is 46.2 cm³/mol. The van der Waals surface area contributed by atoms with Gasteiger partial charge in [-0.1, -0.05) is 0 Å². The Bertz CT molecular complexity index is 153. The van der Waals surface area contributed by atoms with Crippen LogP contribution in [0.2, 0.25) is 0 Å². The Balaban J connectivity index is 2.54. The summed E-state index contributed by atoms with van der Waals surface area (Å²) in [5.74, 6) is 0. The van der Waals surface area contributed by atoms with Crippen LogP contribution >= 0.6 is 0 Å². The van der Waals surface area contributed by atoms with E-state index in [0.717, 1.165) is 0 Å². The Morgan fingerprint density at radius 2 is 2.08 bits per heavy atom. The Labute approximate surface area is 77.2 Å². The number of nitrogens with zero attached hydrogens (tertiary/aromatic N) is 1. The molecule has 0 aromatic heterocycles. The lowest BCUT2D eigenvalue weighted by Gasteiger charge is -2.28. The molecule has 1 unspecified atom stereocenters. The summed E-state index contributed by atoms with van der Waals surface area (Å²) in [5, 5.41) is 36.4. The number of aliphatic hydroxyl groups excluding tert-OH is 4. The highest BCUT2D eigenvalue weighted by Crippen LogP contribution is 2.20. The van der Waals surface area contributed by atoms with Gasteiger partial charge in [0.15, 0.2) is 0 Å². The van der Waals surface area contributed by atoms with Gasteiger partial charge in [0, 0.05) is 13.1 Å². The van der Waals surface area contributed by atoms with Crippen LogP contribution in [-0.4, -0.2) is 69.9 Å². The van der Waals surface area contributed by atoms with E-state index in [-0.39, 0.29) is 13.2 Å². The zero-order chi connectivity index (χ0) is 9.84. The maximum absolute atomic E-state index is 9.49. The van der Waals surface area contributed by atoms with Gasteiger partial charge in [-0.3, -0.25) is 4.90 Å². The zero-order valence-corrected chi connectivity index (χ0v) is 7.50. The van der Waals surface area contributed by atoms with Gasteiger partial charge >= 0.3 is 0 Å². The molecule has 0 bridgehead atoms. The molecule has 0 saturated carbocycles. The van der Waals surface area contributed by atoms with Gasteiger partial charge in [-0.25, -0.2) is 0 Å².